The van der Waals surface area contributed by atoms with Gasteiger partial charge >= 0.3 is 5.97 Å². The molecule has 0 radical (unpaired) electrons. The van der Waals surface area contributed by atoms with E-state index in [0.717, 1.165) is 0 Å². The summed E-state index contributed by atoms with van der Waals surface area (Å²) in [5.74, 6) is -1.43. The Balaban J connectivity index is 2.30. The van der Waals surface area contributed by atoms with E-state index in [0.29, 0.717) is 25.1 Å². The molecule has 7 nitrogen and oxygen atoms in total. The fourth-order valence-electron chi connectivity index (χ4n) is 2.49. The van der Waals surface area contributed by atoms with Crippen LogP contribution in [0.4, 0.5) is 0 Å². The van der Waals surface area contributed by atoms with Crippen LogP contribution >= 0.6 is 0 Å². The highest BCUT2D eigenvalue weighted by atomic mass is 16.5. The number of aromatic hydroxyl groups is 1. The molecular formula is C16H16N2O5. The lowest BCUT2D eigenvalue weighted by Crippen LogP contribution is -2.40. The third kappa shape index (κ3) is 3.43. The monoisotopic (exact) mass is 316 g/mol. The van der Waals surface area contributed by atoms with Gasteiger partial charge in [-0.05, 0) is 31.1 Å². The second kappa shape index (κ2) is 6.83. The van der Waals surface area contributed by atoms with E-state index in [1.54, 1.807) is 12.1 Å². The number of carbonyl (C=O) groups is 2. The maximum Gasteiger partial charge on any atom is 0.326 e. The molecule has 0 saturated carbocycles. The minimum Gasteiger partial charge on any atom is -0.507 e. The topological polar surface area (TPSA) is 111 Å². The molecule has 1 saturated heterocycles. The summed E-state index contributed by atoms with van der Waals surface area (Å²) in [5.41, 5.74) is 0.0559. The molecule has 120 valence electrons. The van der Waals surface area contributed by atoms with Crippen molar-refractivity contribution in [3.8, 4) is 17.6 Å². The molecule has 2 N–H and O–H groups in total. The SMILES string of the molecule is COc1ccc(/C=C(\C#N)C(=O)N2CCCC2C(=O)O)c(O)c1. The number of nitrogens with zero attached hydrogens (tertiary/aromatic N) is 2. The van der Waals surface area contributed by atoms with E-state index in [-0.39, 0.29) is 16.9 Å². The van der Waals surface area contributed by atoms with E-state index in [9.17, 15) is 20.0 Å². The average Bonchev–Trinajstić information content (AvgIpc) is 3.03. The second-order valence-corrected chi connectivity index (χ2v) is 5.09. The number of hydrogen-bond donors (Lipinski definition) is 2. The highest BCUT2D eigenvalue weighted by molar-refractivity contribution is 6.03. The van der Waals surface area contributed by atoms with Crippen molar-refractivity contribution >= 4 is 18.0 Å². The van der Waals surface area contributed by atoms with Crippen LogP contribution in [-0.2, 0) is 9.59 Å². The molecule has 1 amide bonds. The zero-order valence-electron chi connectivity index (χ0n) is 12.5. The van der Waals surface area contributed by atoms with Crippen molar-refractivity contribution < 1.29 is 24.5 Å². The highest BCUT2D eigenvalue weighted by Crippen LogP contribution is 2.26. The van der Waals surface area contributed by atoms with Crippen molar-refractivity contribution in [1.82, 2.24) is 4.90 Å². The van der Waals surface area contributed by atoms with Gasteiger partial charge in [0.25, 0.3) is 5.91 Å². The van der Waals surface area contributed by atoms with Crippen molar-refractivity contribution in [3.63, 3.8) is 0 Å². The molecule has 1 fully saturated rings. The number of carbonyl (C=O) groups excluding carboxylic acids is 1. The van der Waals surface area contributed by atoms with Gasteiger partial charge in [0, 0.05) is 18.2 Å². The summed E-state index contributed by atoms with van der Waals surface area (Å²) < 4.78 is 4.96. The van der Waals surface area contributed by atoms with Crippen molar-refractivity contribution in [2.75, 3.05) is 13.7 Å². The molecule has 0 spiro atoms. The van der Waals surface area contributed by atoms with Crippen LogP contribution in [0.15, 0.2) is 23.8 Å². The van der Waals surface area contributed by atoms with E-state index >= 15 is 0 Å². The zero-order valence-corrected chi connectivity index (χ0v) is 12.5. The largest absolute Gasteiger partial charge is 0.507 e. The number of phenols is 1. The Kier molecular flexibility index (Phi) is 4.86. The van der Waals surface area contributed by atoms with Crippen LogP contribution in [0.1, 0.15) is 18.4 Å². The molecule has 0 aliphatic carbocycles. The lowest BCUT2D eigenvalue weighted by Gasteiger charge is -2.20. The molecule has 0 aromatic heterocycles. The molecule has 2 rings (SSSR count). The van der Waals surface area contributed by atoms with E-state index in [1.165, 1.54) is 30.2 Å². The normalized spacial score (nSPS) is 17.7. The molecule has 1 heterocycles. The maximum atomic E-state index is 12.4. The Morgan fingerprint density at radius 2 is 2.22 bits per heavy atom. The Bertz CT molecular complexity index is 705. The first kappa shape index (κ1) is 16.4. The molecule has 1 atom stereocenters. The Hall–Kier alpha value is -3.01. The fraction of sp³-hybridized carbons (Fsp3) is 0.312. The van der Waals surface area contributed by atoms with Crippen LogP contribution in [0, 0.1) is 11.3 Å². The first-order valence-electron chi connectivity index (χ1n) is 7.00. The lowest BCUT2D eigenvalue weighted by atomic mass is 10.1. The Labute approximate surface area is 133 Å². The van der Waals surface area contributed by atoms with Gasteiger partial charge in [0.2, 0.25) is 0 Å². The average molecular weight is 316 g/mol. The molecule has 23 heavy (non-hydrogen) atoms. The fourth-order valence-corrected chi connectivity index (χ4v) is 2.49. The molecule has 0 bridgehead atoms. The first-order chi connectivity index (χ1) is 11.0. The molecule has 1 aromatic rings. The second-order valence-electron chi connectivity index (χ2n) is 5.09. The number of amides is 1. The van der Waals surface area contributed by atoms with E-state index in [2.05, 4.69) is 0 Å². The van der Waals surface area contributed by atoms with Crippen molar-refractivity contribution in [2.24, 2.45) is 0 Å². The van der Waals surface area contributed by atoms with Crippen LogP contribution in [0.3, 0.4) is 0 Å². The smallest absolute Gasteiger partial charge is 0.326 e. The summed E-state index contributed by atoms with van der Waals surface area (Å²) in [4.78, 5) is 24.7. The molecule has 1 aliphatic rings. The predicted molar refractivity (Wildman–Crippen MR) is 80.6 cm³/mol. The summed E-state index contributed by atoms with van der Waals surface area (Å²) in [6.07, 6.45) is 2.19. The molecule has 1 unspecified atom stereocenters. The molecule has 1 aromatic carbocycles. The number of carboxylic acids is 1. The third-order valence-corrected chi connectivity index (χ3v) is 3.69. The van der Waals surface area contributed by atoms with Crippen LogP contribution in [0.2, 0.25) is 0 Å². The van der Waals surface area contributed by atoms with Gasteiger partial charge in [-0.25, -0.2) is 4.79 Å². The van der Waals surface area contributed by atoms with E-state index < -0.39 is 17.9 Å². The number of benzene rings is 1. The zero-order chi connectivity index (χ0) is 17.0. The van der Waals surface area contributed by atoms with Gasteiger partial charge in [-0.3, -0.25) is 4.79 Å². The first-order valence-corrected chi connectivity index (χ1v) is 7.00. The number of aliphatic carboxylic acids is 1. The number of carboxylic acid groups (broad SMARTS) is 1. The van der Waals surface area contributed by atoms with Crippen molar-refractivity contribution in [2.45, 2.75) is 18.9 Å². The summed E-state index contributed by atoms with van der Waals surface area (Å²) in [7, 11) is 1.45. The number of nitriles is 1. The number of methoxy groups -OCH3 is 1. The standard InChI is InChI=1S/C16H16N2O5/c1-23-12-5-4-10(14(19)8-12)7-11(9-17)15(20)18-6-2-3-13(18)16(21)22/h4-5,7-8,13,19H,2-3,6H2,1H3,(H,21,22)/b11-7+. The molecule has 1 aliphatic heterocycles. The lowest BCUT2D eigenvalue weighted by molar-refractivity contribution is -0.146. The number of phenolic OH excluding ortho intramolecular Hbond substituents is 1. The summed E-state index contributed by atoms with van der Waals surface area (Å²) in [6.45, 7) is 0.295. The predicted octanol–water partition coefficient (Wildman–Crippen LogP) is 1.38. The highest BCUT2D eigenvalue weighted by Gasteiger charge is 2.35. The van der Waals surface area contributed by atoms with Gasteiger partial charge in [-0.15, -0.1) is 0 Å². The van der Waals surface area contributed by atoms with Crippen LogP contribution in [0.25, 0.3) is 6.08 Å². The van der Waals surface area contributed by atoms with Gasteiger partial charge in [-0.2, -0.15) is 5.26 Å². The summed E-state index contributed by atoms with van der Waals surface area (Å²) in [6, 6.07) is 5.32. The van der Waals surface area contributed by atoms with Crippen LogP contribution in [-0.4, -0.2) is 46.7 Å². The number of ether oxygens (including phenoxy) is 1. The van der Waals surface area contributed by atoms with Gasteiger partial charge in [0.1, 0.15) is 29.2 Å². The number of likely N-dealkylation sites (tertiary alicyclic amines) is 1. The molecule has 7 heteroatoms. The Morgan fingerprint density at radius 3 is 2.78 bits per heavy atom. The van der Waals surface area contributed by atoms with Gasteiger partial charge < -0.3 is 19.8 Å². The maximum absolute atomic E-state index is 12.4. The van der Waals surface area contributed by atoms with Crippen molar-refractivity contribution in [1.29, 1.82) is 5.26 Å². The van der Waals surface area contributed by atoms with Gasteiger partial charge in [0.05, 0.1) is 7.11 Å². The number of rotatable bonds is 4. The summed E-state index contributed by atoms with van der Waals surface area (Å²) >= 11 is 0. The summed E-state index contributed by atoms with van der Waals surface area (Å²) in [5, 5.41) is 28.2. The minimum atomic E-state index is -1.08. The Morgan fingerprint density at radius 1 is 1.48 bits per heavy atom. The number of hydrogen-bond acceptors (Lipinski definition) is 5. The van der Waals surface area contributed by atoms with Gasteiger partial charge in [-0.1, -0.05) is 0 Å². The van der Waals surface area contributed by atoms with Crippen LogP contribution in [0.5, 0.6) is 11.5 Å². The minimum absolute atomic E-state index is 0.138. The third-order valence-electron chi connectivity index (χ3n) is 3.69. The quantitative estimate of drug-likeness (QED) is 0.641. The molecular weight excluding hydrogens is 300 g/mol. The van der Waals surface area contributed by atoms with E-state index in [4.69, 9.17) is 9.84 Å². The van der Waals surface area contributed by atoms with Gasteiger partial charge in [0.15, 0.2) is 0 Å². The van der Waals surface area contributed by atoms with E-state index in [1.807, 2.05) is 0 Å². The van der Waals surface area contributed by atoms with Crippen molar-refractivity contribution in [3.05, 3.63) is 29.3 Å². The van der Waals surface area contributed by atoms with Crippen LogP contribution < -0.4 is 4.74 Å².